The maximum atomic E-state index is 12.7. The summed E-state index contributed by atoms with van der Waals surface area (Å²) in [6, 6.07) is 1.81. The number of hydrogen-bond acceptors (Lipinski definition) is 6. The summed E-state index contributed by atoms with van der Waals surface area (Å²) in [6.45, 7) is 5.53. The molecule has 2 saturated heterocycles. The van der Waals surface area contributed by atoms with E-state index in [1.165, 1.54) is 18.3 Å². The summed E-state index contributed by atoms with van der Waals surface area (Å²) in [7, 11) is 0. The van der Waals surface area contributed by atoms with Gasteiger partial charge >= 0.3 is 0 Å². The zero-order valence-electron chi connectivity index (χ0n) is 15.3. The highest BCUT2D eigenvalue weighted by molar-refractivity contribution is 7.12. The number of aliphatic hydroxyl groups is 2. The van der Waals surface area contributed by atoms with Crippen LogP contribution in [0.3, 0.4) is 0 Å². The van der Waals surface area contributed by atoms with Crippen LogP contribution in [0.15, 0.2) is 11.4 Å². The normalized spacial score (nSPS) is 25.0. The lowest BCUT2D eigenvalue weighted by atomic mass is 9.95. The van der Waals surface area contributed by atoms with Crippen molar-refractivity contribution >= 4 is 23.0 Å². The van der Waals surface area contributed by atoms with Gasteiger partial charge in [0.25, 0.3) is 0 Å². The first-order chi connectivity index (χ1) is 12.5. The number of ketones is 1. The Balaban J connectivity index is 1.55. The number of carbonyl (C=O) groups is 2. The molecule has 1 aromatic rings. The predicted octanol–water partition coefficient (Wildman–Crippen LogP) is 1.02. The molecule has 2 aliphatic heterocycles. The third-order valence-corrected chi connectivity index (χ3v) is 6.65. The van der Waals surface area contributed by atoms with Gasteiger partial charge in [-0.3, -0.25) is 9.59 Å². The van der Waals surface area contributed by atoms with Crippen LogP contribution < -0.4 is 0 Å². The van der Waals surface area contributed by atoms with Crippen molar-refractivity contribution in [3.8, 4) is 0 Å². The fraction of sp³-hybridized carbons (Fsp3) is 0.684. The van der Waals surface area contributed by atoms with Gasteiger partial charge < -0.3 is 20.0 Å². The van der Waals surface area contributed by atoms with Crippen molar-refractivity contribution in [2.24, 2.45) is 11.8 Å². The first kappa shape index (κ1) is 19.5. The molecule has 3 rings (SSSR count). The number of rotatable bonds is 6. The van der Waals surface area contributed by atoms with Gasteiger partial charge in [0.1, 0.15) is 0 Å². The van der Waals surface area contributed by atoms with Crippen LogP contribution in [-0.4, -0.2) is 77.1 Å². The molecule has 1 amide bonds. The van der Waals surface area contributed by atoms with Gasteiger partial charge in [0.05, 0.1) is 17.4 Å². The van der Waals surface area contributed by atoms with Gasteiger partial charge in [0, 0.05) is 45.2 Å². The number of Topliss-reactive ketones (excluding diaryl/α,β-unsaturated/α-hetero) is 1. The Labute approximate surface area is 158 Å². The Hall–Kier alpha value is -1.28. The highest BCUT2D eigenvalue weighted by Gasteiger charge is 2.36. The monoisotopic (exact) mass is 380 g/mol. The summed E-state index contributed by atoms with van der Waals surface area (Å²) in [5, 5.41) is 21.2. The molecule has 0 saturated carbocycles. The van der Waals surface area contributed by atoms with Crippen LogP contribution in [-0.2, 0) is 11.2 Å². The molecule has 3 heterocycles. The van der Waals surface area contributed by atoms with Crippen LogP contribution in [0, 0.1) is 11.8 Å². The summed E-state index contributed by atoms with van der Waals surface area (Å²) in [4.78, 5) is 28.9. The molecule has 2 N–H and O–H groups in total. The molecule has 26 heavy (non-hydrogen) atoms. The van der Waals surface area contributed by atoms with E-state index in [1.54, 1.807) is 6.07 Å². The van der Waals surface area contributed by atoms with Crippen molar-refractivity contribution in [3.63, 3.8) is 0 Å². The molecule has 2 aliphatic rings. The maximum absolute atomic E-state index is 12.7. The number of carbonyl (C=O) groups excluding carboxylic acids is 2. The number of piperidine rings is 1. The fourth-order valence-corrected chi connectivity index (χ4v) is 4.74. The SMILES string of the molecule is CC(=O)c1cc(CC(=O)N2CC(CO)C(CN3CCC(O)CC3)C2)cs1. The van der Waals surface area contributed by atoms with Crippen LogP contribution in [0.2, 0.25) is 0 Å². The minimum atomic E-state index is -0.188. The number of thiophene rings is 1. The number of aliphatic hydroxyl groups excluding tert-OH is 2. The fourth-order valence-electron chi connectivity index (χ4n) is 3.93. The Morgan fingerprint density at radius 2 is 1.92 bits per heavy atom. The Morgan fingerprint density at radius 1 is 1.23 bits per heavy atom. The second-order valence-electron chi connectivity index (χ2n) is 7.59. The molecule has 0 radical (unpaired) electrons. The summed E-state index contributed by atoms with van der Waals surface area (Å²) in [5.41, 5.74) is 0.888. The molecule has 7 heteroatoms. The number of hydrogen-bond donors (Lipinski definition) is 2. The summed E-state index contributed by atoms with van der Waals surface area (Å²) in [6.07, 6.45) is 1.72. The van der Waals surface area contributed by atoms with Gasteiger partial charge in [0.15, 0.2) is 5.78 Å². The average Bonchev–Trinajstić information content (AvgIpc) is 3.24. The largest absolute Gasteiger partial charge is 0.396 e. The maximum Gasteiger partial charge on any atom is 0.227 e. The molecule has 2 fully saturated rings. The molecule has 2 atom stereocenters. The first-order valence-electron chi connectivity index (χ1n) is 9.33. The molecular weight excluding hydrogens is 352 g/mol. The van der Waals surface area contributed by atoms with Gasteiger partial charge in [-0.25, -0.2) is 0 Å². The lowest BCUT2D eigenvalue weighted by molar-refractivity contribution is -0.129. The first-order valence-corrected chi connectivity index (χ1v) is 10.2. The molecule has 0 bridgehead atoms. The van der Waals surface area contributed by atoms with E-state index in [1.807, 2.05) is 10.3 Å². The Bertz CT molecular complexity index is 639. The van der Waals surface area contributed by atoms with Gasteiger partial charge in [-0.15, -0.1) is 11.3 Å². The van der Waals surface area contributed by atoms with Crippen LogP contribution in [0.5, 0.6) is 0 Å². The van der Waals surface area contributed by atoms with E-state index in [0.717, 1.165) is 38.0 Å². The minimum absolute atomic E-state index is 0.0296. The van der Waals surface area contributed by atoms with Crippen molar-refractivity contribution in [3.05, 3.63) is 21.9 Å². The van der Waals surface area contributed by atoms with Crippen molar-refractivity contribution in [1.82, 2.24) is 9.80 Å². The Morgan fingerprint density at radius 3 is 2.54 bits per heavy atom. The van der Waals surface area contributed by atoms with E-state index >= 15 is 0 Å². The van der Waals surface area contributed by atoms with Crippen LogP contribution in [0.25, 0.3) is 0 Å². The van der Waals surface area contributed by atoms with Crippen LogP contribution >= 0.6 is 11.3 Å². The number of nitrogens with zero attached hydrogens (tertiary/aromatic N) is 2. The van der Waals surface area contributed by atoms with Gasteiger partial charge in [-0.2, -0.15) is 0 Å². The second kappa shape index (κ2) is 8.61. The predicted molar refractivity (Wildman–Crippen MR) is 100 cm³/mol. The highest BCUT2D eigenvalue weighted by Crippen LogP contribution is 2.26. The third-order valence-electron chi connectivity index (χ3n) is 5.57. The molecule has 144 valence electrons. The molecule has 1 aromatic heterocycles. The average molecular weight is 381 g/mol. The number of likely N-dealkylation sites (tertiary alicyclic amines) is 2. The van der Waals surface area contributed by atoms with Gasteiger partial charge in [-0.05, 0) is 42.7 Å². The lowest BCUT2D eigenvalue weighted by Gasteiger charge is -2.32. The van der Waals surface area contributed by atoms with E-state index in [9.17, 15) is 19.8 Å². The molecule has 6 nitrogen and oxygen atoms in total. The summed E-state index contributed by atoms with van der Waals surface area (Å²) in [5.74, 6) is 0.477. The molecular formula is C19H28N2O4S. The minimum Gasteiger partial charge on any atom is -0.396 e. The standard InChI is InChI=1S/C19H28N2O4S/c1-13(23)18-6-14(12-26-18)7-19(25)21-9-15(16(10-21)11-22)8-20-4-2-17(24)3-5-20/h6,12,15-17,22,24H,2-5,7-11H2,1H3. The molecule has 0 aliphatic carbocycles. The van der Waals surface area contributed by atoms with E-state index < -0.39 is 0 Å². The lowest BCUT2D eigenvalue weighted by Crippen LogP contribution is -2.40. The van der Waals surface area contributed by atoms with Crippen molar-refractivity contribution in [1.29, 1.82) is 0 Å². The second-order valence-corrected chi connectivity index (χ2v) is 8.50. The van der Waals surface area contributed by atoms with Gasteiger partial charge in [0.2, 0.25) is 5.91 Å². The van der Waals surface area contributed by atoms with E-state index in [4.69, 9.17) is 0 Å². The van der Waals surface area contributed by atoms with Crippen molar-refractivity contribution in [2.45, 2.75) is 32.3 Å². The quantitative estimate of drug-likeness (QED) is 0.720. The molecule has 0 spiro atoms. The van der Waals surface area contributed by atoms with Gasteiger partial charge in [-0.1, -0.05) is 0 Å². The number of amides is 1. The summed E-state index contributed by atoms with van der Waals surface area (Å²) >= 11 is 1.38. The Kier molecular flexibility index (Phi) is 6.45. The van der Waals surface area contributed by atoms with Crippen LogP contribution in [0.4, 0.5) is 0 Å². The van der Waals surface area contributed by atoms with Crippen LogP contribution in [0.1, 0.15) is 35.0 Å². The highest BCUT2D eigenvalue weighted by atomic mass is 32.1. The smallest absolute Gasteiger partial charge is 0.227 e. The molecule has 2 unspecified atom stereocenters. The molecule has 0 aromatic carbocycles. The van der Waals surface area contributed by atoms with E-state index in [2.05, 4.69) is 4.90 Å². The van der Waals surface area contributed by atoms with Crippen molar-refractivity contribution < 1.29 is 19.8 Å². The van der Waals surface area contributed by atoms with E-state index in [0.29, 0.717) is 24.4 Å². The summed E-state index contributed by atoms with van der Waals surface area (Å²) < 4.78 is 0. The topological polar surface area (TPSA) is 81.1 Å². The zero-order valence-corrected chi connectivity index (χ0v) is 16.1. The van der Waals surface area contributed by atoms with Crippen molar-refractivity contribution in [2.75, 3.05) is 39.3 Å². The van der Waals surface area contributed by atoms with E-state index in [-0.39, 0.29) is 36.2 Å². The third kappa shape index (κ3) is 4.71. The zero-order chi connectivity index (χ0) is 18.7.